The maximum absolute atomic E-state index is 9.87. The summed E-state index contributed by atoms with van der Waals surface area (Å²) in [6, 6.07) is 16.6. The second-order valence-electron chi connectivity index (χ2n) is 3.59. The van der Waals surface area contributed by atoms with Crippen molar-refractivity contribution in [3.8, 4) is 11.8 Å². The Hall–Kier alpha value is -1.75. The summed E-state index contributed by atoms with van der Waals surface area (Å²) < 4.78 is 0. The minimum Gasteiger partial charge on any atom is -0.376 e. The third-order valence-electron chi connectivity index (χ3n) is 2.29. The second kappa shape index (κ2) is 5.54. The zero-order chi connectivity index (χ0) is 12.1. The zero-order valence-electron chi connectivity index (χ0n) is 9.10. The molecule has 0 aliphatic rings. The van der Waals surface area contributed by atoms with Crippen LogP contribution in [0.5, 0.6) is 0 Å². The van der Waals surface area contributed by atoms with Crippen LogP contribution in [-0.4, -0.2) is 5.11 Å². The molecule has 1 nitrogen and oxygen atoms in total. The van der Waals surface area contributed by atoms with Gasteiger partial charge in [0.15, 0.2) is 0 Å². The van der Waals surface area contributed by atoms with Gasteiger partial charge in [0, 0.05) is 10.6 Å². The third kappa shape index (κ3) is 3.35. The predicted octanol–water partition coefficient (Wildman–Crippen LogP) is 3.43. The summed E-state index contributed by atoms with van der Waals surface area (Å²) in [5, 5.41) is 10.5. The van der Waals surface area contributed by atoms with E-state index in [9.17, 15) is 5.11 Å². The molecule has 2 heteroatoms. The van der Waals surface area contributed by atoms with Gasteiger partial charge in [-0.2, -0.15) is 0 Å². The van der Waals surface area contributed by atoms with E-state index in [1.54, 1.807) is 24.3 Å². The average molecular weight is 243 g/mol. The molecule has 2 aromatic carbocycles. The van der Waals surface area contributed by atoms with E-state index in [1.165, 1.54) is 0 Å². The number of aliphatic hydroxyl groups excluding tert-OH is 1. The summed E-state index contributed by atoms with van der Waals surface area (Å²) in [6.45, 7) is 0. The van der Waals surface area contributed by atoms with Gasteiger partial charge < -0.3 is 5.11 Å². The number of benzene rings is 2. The van der Waals surface area contributed by atoms with Crippen LogP contribution < -0.4 is 0 Å². The Kier molecular flexibility index (Phi) is 3.82. The largest absolute Gasteiger partial charge is 0.376 e. The highest BCUT2D eigenvalue weighted by Gasteiger charge is 2.03. The first kappa shape index (κ1) is 11.7. The molecule has 1 unspecified atom stereocenters. The van der Waals surface area contributed by atoms with Crippen LogP contribution in [0.25, 0.3) is 0 Å². The van der Waals surface area contributed by atoms with Gasteiger partial charge in [-0.3, -0.25) is 0 Å². The summed E-state index contributed by atoms with van der Waals surface area (Å²) in [4.78, 5) is 0. The van der Waals surface area contributed by atoms with Gasteiger partial charge in [0.05, 0.1) is 0 Å². The van der Waals surface area contributed by atoms with Crippen molar-refractivity contribution in [2.75, 3.05) is 0 Å². The normalized spacial score (nSPS) is 11.4. The Morgan fingerprint density at radius 3 is 2.47 bits per heavy atom. The number of halogens is 1. The lowest BCUT2D eigenvalue weighted by atomic mass is 10.1. The molecule has 0 aromatic heterocycles. The van der Waals surface area contributed by atoms with Gasteiger partial charge in [-0.1, -0.05) is 53.8 Å². The van der Waals surface area contributed by atoms with Gasteiger partial charge in [-0.05, 0) is 29.8 Å². The molecule has 0 fully saturated rings. The standard InChI is InChI=1S/C15H11ClO/c16-14-8-4-7-13(11-14)15(17)10-9-12-5-2-1-3-6-12/h1-8,11,15,17H. The van der Waals surface area contributed by atoms with Crippen LogP contribution in [0.4, 0.5) is 0 Å². The van der Waals surface area contributed by atoms with Crippen molar-refractivity contribution in [1.29, 1.82) is 0 Å². The molecule has 0 aliphatic heterocycles. The van der Waals surface area contributed by atoms with E-state index in [0.717, 1.165) is 5.56 Å². The van der Waals surface area contributed by atoms with Gasteiger partial charge in [-0.25, -0.2) is 0 Å². The second-order valence-corrected chi connectivity index (χ2v) is 4.03. The maximum Gasteiger partial charge on any atom is 0.140 e. The highest BCUT2D eigenvalue weighted by molar-refractivity contribution is 6.30. The Morgan fingerprint density at radius 1 is 1.00 bits per heavy atom. The third-order valence-corrected chi connectivity index (χ3v) is 2.53. The van der Waals surface area contributed by atoms with Crippen LogP contribution in [0.15, 0.2) is 54.6 Å². The van der Waals surface area contributed by atoms with Crippen LogP contribution >= 0.6 is 11.6 Å². The molecule has 0 saturated heterocycles. The summed E-state index contributed by atoms with van der Waals surface area (Å²) in [5.74, 6) is 5.71. The van der Waals surface area contributed by atoms with Crippen molar-refractivity contribution in [1.82, 2.24) is 0 Å². The monoisotopic (exact) mass is 242 g/mol. The van der Waals surface area contributed by atoms with Gasteiger partial charge in [0.25, 0.3) is 0 Å². The Bertz CT molecular complexity index is 552. The highest BCUT2D eigenvalue weighted by Crippen LogP contribution is 2.17. The number of rotatable bonds is 1. The molecule has 2 aromatic rings. The van der Waals surface area contributed by atoms with Crippen molar-refractivity contribution >= 4 is 11.6 Å². The highest BCUT2D eigenvalue weighted by atomic mass is 35.5. The molecule has 1 atom stereocenters. The van der Waals surface area contributed by atoms with E-state index in [4.69, 9.17) is 11.6 Å². The number of aliphatic hydroxyl groups is 1. The predicted molar refractivity (Wildman–Crippen MR) is 69.7 cm³/mol. The van der Waals surface area contributed by atoms with Gasteiger partial charge in [-0.15, -0.1) is 0 Å². The van der Waals surface area contributed by atoms with E-state index >= 15 is 0 Å². The Balaban J connectivity index is 2.18. The minimum absolute atomic E-state index is 0.600. The SMILES string of the molecule is OC(C#Cc1ccccc1)c1cccc(Cl)c1. The maximum atomic E-state index is 9.87. The first-order valence-electron chi connectivity index (χ1n) is 5.26. The Morgan fingerprint density at radius 2 is 1.76 bits per heavy atom. The molecule has 2 rings (SSSR count). The lowest BCUT2D eigenvalue weighted by molar-refractivity contribution is 0.238. The van der Waals surface area contributed by atoms with Gasteiger partial charge in [0.1, 0.15) is 6.10 Å². The van der Waals surface area contributed by atoms with Crippen LogP contribution in [0.3, 0.4) is 0 Å². The van der Waals surface area contributed by atoms with E-state index in [0.29, 0.717) is 10.6 Å². The van der Waals surface area contributed by atoms with E-state index in [1.807, 2.05) is 30.3 Å². The van der Waals surface area contributed by atoms with Crippen LogP contribution in [0, 0.1) is 11.8 Å². The Labute approximate surface area is 106 Å². The van der Waals surface area contributed by atoms with Crippen molar-refractivity contribution in [3.05, 3.63) is 70.7 Å². The van der Waals surface area contributed by atoms with Crippen molar-refractivity contribution < 1.29 is 5.11 Å². The summed E-state index contributed by atoms with van der Waals surface area (Å²) in [6.07, 6.45) is -0.811. The number of hydrogen-bond donors (Lipinski definition) is 1. The van der Waals surface area contributed by atoms with Crippen molar-refractivity contribution in [3.63, 3.8) is 0 Å². The fourth-order valence-electron chi connectivity index (χ4n) is 1.43. The van der Waals surface area contributed by atoms with Gasteiger partial charge in [0.2, 0.25) is 0 Å². The van der Waals surface area contributed by atoms with Crippen LogP contribution in [0.1, 0.15) is 17.2 Å². The smallest absolute Gasteiger partial charge is 0.140 e. The first-order valence-corrected chi connectivity index (χ1v) is 5.63. The average Bonchev–Trinajstić information content (AvgIpc) is 2.37. The molecule has 0 aliphatic carbocycles. The van der Waals surface area contributed by atoms with E-state index in [-0.39, 0.29) is 0 Å². The molecule has 0 amide bonds. The topological polar surface area (TPSA) is 20.2 Å². The fraction of sp³-hybridized carbons (Fsp3) is 0.0667. The summed E-state index contributed by atoms with van der Waals surface area (Å²) in [7, 11) is 0. The molecular weight excluding hydrogens is 232 g/mol. The van der Waals surface area contributed by atoms with Gasteiger partial charge >= 0.3 is 0 Å². The lowest BCUT2D eigenvalue weighted by Crippen LogP contribution is -1.93. The van der Waals surface area contributed by atoms with E-state index in [2.05, 4.69) is 11.8 Å². The molecule has 1 N–H and O–H groups in total. The van der Waals surface area contributed by atoms with E-state index < -0.39 is 6.10 Å². The fourth-order valence-corrected chi connectivity index (χ4v) is 1.63. The lowest BCUT2D eigenvalue weighted by Gasteiger charge is -2.03. The molecular formula is C15H11ClO. The van der Waals surface area contributed by atoms with Crippen molar-refractivity contribution in [2.45, 2.75) is 6.10 Å². The van der Waals surface area contributed by atoms with Crippen LogP contribution in [-0.2, 0) is 0 Å². The van der Waals surface area contributed by atoms with Crippen LogP contribution in [0.2, 0.25) is 5.02 Å². The molecule has 0 heterocycles. The minimum atomic E-state index is -0.811. The molecule has 0 saturated carbocycles. The first-order chi connectivity index (χ1) is 8.25. The zero-order valence-corrected chi connectivity index (χ0v) is 9.85. The molecule has 0 spiro atoms. The molecule has 17 heavy (non-hydrogen) atoms. The molecule has 0 bridgehead atoms. The number of hydrogen-bond acceptors (Lipinski definition) is 1. The quantitative estimate of drug-likeness (QED) is 0.760. The van der Waals surface area contributed by atoms with Crippen molar-refractivity contribution in [2.24, 2.45) is 0 Å². The molecule has 0 radical (unpaired) electrons. The molecule has 84 valence electrons. The summed E-state index contributed by atoms with van der Waals surface area (Å²) >= 11 is 5.85. The summed E-state index contributed by atoms with van der Waals surface area (Å²) in [5.41, 5.74) is 1.59.